The van der Waals surface area contributed by atoms with Crippen molar-refractivity contribution in [3.63, 3.8) is 0 Å². The molecule has 1 N–H and O–H groups in total. The van der Waals surface area contributed by atoms with E-state index in [1.54, 1.807) is 0 Å². The van der Waals surface area contributed by atoms with E-state index < -0.39 is 0 Å². The van der Waals surface area contributed by atoms with Crippen LogP contribution in [0.25, 0.3) is 0 Å². The van der Waals surface area contributed by atoms with Crippen molar-refractivity contribution in [1.29, 1.82) is 0 Å². The summed E-state index contributed by atoms with van der Waals surface area (Å²) in [5.41, 5.74) is 4.14. The summed E-state index contributed by atoms with van der Waals surface area (Å²) in [5, 5.41) is 3.70. The van der Waals surface area contributed by atoms with Crippen LogP contribution in [0.1, 0.15) is 43.4 Å². The number of hydrogen-bond donors (Lipinski definition) is 1. The van der Waals surface area contributed by atoms with Gasteiger partial charge in [0, 0.05) is 12.6 Å². The van der Waals surface area contributed by atoms with Crippen molar-refractivity contribution in [3.05, 3.63) is 34.9 Å². The summed E-state index contributed by atoms with van der Waals surface area (Å²) in [4.78, 5) is 0. The predicted octanol–water partition coefficient (Wildman–Crippen LogP) is 3.64. The first-order valence-electron chi connectivity index (χ1n) is 8.02. The zero-order chi connectivity index (χ0) is 14.5. The van der Waals surface area contributed by atoms with E-state index in [0.717, 1.165) is 19.6 Å². The van der Waals surface area contributed by atoms with E-state index in [1.165, 1.54) is 29.5 Å². The highest BCUT2D eigenvalue weighted by Crippen LogP contribution is 2.25. The van der Waals surface area contributed by atoms with Crippen molar-refractivity contribution >= 4 is 0 Å². The Morgan fingerprint density at radius 1 is 1.25 bits per heavy atom. The summed E-state index contributed by atoms with van der Waals surface area (Å²) in [6.45, 7) is 10.9. The molecule has 1 aromatic rings. The van der Waals surface area contributed by atoms with Gasteiger partial charge in [-0.3, -0.25) is 0 Å². The minimum absolute atomic E-state index is 0.363. The van der Waals surface area contributed by atoms with E-state index in [2.05, 4.69) is 51.2 Å². The second kappa shape index (κ2) is 7.24. The highest BCUT2D eigenvalue weighted by Gasteiger charge is 2.31. The zero-order valence-corrected chi connectivity index (χ0v) is 13.4. The average Bonchev–Trinajstić information content (AvgIpc) is 2.79. The average molecular weight is 275 g/mol. The van der Waals surface area contributed by atoms with E-state index in [4.69, 9.17) is 4.74 Å². The molecule has 0 saturated carbocycles. The van der Waals surface area contributed by atoms with Gasteiger partial charge >= 0.3 is 0 Å². The molecule has 0 spiro atoms. The Morgan fingerprint density at radius 3 is 2.50 bits per heavy atom. The molecule has 3 atom stereocenters. The molecule has 2 heteroatoms. The van der Waals surface area contributed by atoms with Gasteiger partial charge in [-0.05, 0) is 51.1 Å². The number of nitrogens with one attached hydrogen (secondary N) is 1. The molecule has 0 radical (unpaired) electrons. The van der Waals surface area contributed by atoms with Crippen LogP contribution in [0.3, 0.4) is 0 Å². The fourth-order valence-electron chi connectivity index (χ4n) is 3.31. The Hall–Kier alpha value is -0.860. The number of benzene rings is 1. The molecule has 1 fully saturated rings. The van der Waals surface area contributed by atoms with Gasteiger partial charge in [-0.15, -0.1) is 0 Å². The third-order valence-corrected chi connectivity index (χ3v) is 4.23. The monoisotopic (exact) mass is 275 g/mol. The minimum Gasteiger partial charge on any atom is -0.376 e. The van der Waals surface area contributed by atoms with Crippen LogP contribution in [0.2, 0.25) is 0 Å². The van der Waals surface area contributed by atoms with E-state index in [1.807, 2.05) is 0 Å². The molecular weight excluding hydrogens is 246 g/mol. The normalized spacial score (nSPS) is 24.0. The second-order valence-electron chi connectivity index (χ2n) is 6.36. The van der Waals surface area contributed by atoms with Gasteiger partial charge in [-0.1, -0.05) is 43.2 Å². The van der Waals surface area contributed by atoms with Crippen LogP contribution in [0, 0.1) is 19.8 Å². The van der Waals surface area contributed by atoms with Gasteiger partial charge in [-0.2, -0.15) is 0 Å². The highest BCUT2D eigenvalue weighted by molar-refractivity contribution is 5.29. The summed E-state index contributed by atoms with van der Waals surface area (Å²) < 4.78 is 5.99. The van der Waals surface area contributed by atoms with Crippen LogP contribution >= 0.6 is 0 Å². The molecule has 2 rings (SSSR count). The maximum Gasteiger partial charge on any atom is 0.0757 e. The molecule has 1 aliphatic rings. The Labute approximate surface area is 123 Å². The van der Waals surface area contributed by atoms with Gasteiger partial charge in [0.15, 0.2) is 0 Å². The summed E-state index contributed by atoms with van der Waals surface area (Å²) in [6.07, 6.45) is 3.80. The lowest BCUT2D eigenvalue weighted by molar-refractivity contribution is 0.0610. The molecule has 1 saturated heterocycles. The predicted molar refractivity (Wildman–Crippen MR) is 85.2 cm³/mol. The van der Waals surface area contributed by atoms with Crippen LogP contribution in [0.5, 0.6) is 0 Å². The second-order valence-corrected chi connectivity index (χ2v) is 6.36. The van der Waals surface area contributed by atoms with Crippen LogP contribution in [0.15, 0.2) is 18.2 Å². The van der Waals surface area contributed by atoms with Crippen molar-refractivity contribution in [2.24, 2.45) is 5.92 Å². The molecule has 0 aromatic heterocycles. The summed E-state index contributed by atoms with van der Waals surface area (Å²) in [7, 11) is 0. The third kappa shape index (κ3) is 4.07. The van der Waals surface area contributed by atoms with Gasteiger partial charge in [0.25, 0.3) is 0 Å². The lowest BCUT2D eigenvalue weighted by Gasteiger charge is -2.27. The van der Waals surface area contributed by atoms with Crippen molar-refractivity contribution < 1.29 is 4.74 Å². The highest BCUT2D eigenvalue weighted by atomic mass is 16.5. The first-order chi connectivity index (χ1) is 9.60. The molecule has 0 aliphatic carbocycles. The minimum atomic E-state index is 0.363. The molecule has 0 amide bonds. The quantitative estimate of drug-likeness (QED) is 0.856. The third-order valence-electron chi connectivity index (χ3n) is 4.23. The van der Waals surface area contributed by atoms with E-state index >= 15 is 0 Å². The Morgan fingerprint density at radius 2 is 1.95 bits per heavy atom. The van der Waals surface area contributed by atoms with Crippen molar-refractivity contribution in [2.75, 3.05) is 13.2 Å². The molecular formula is C18H29NO. The summed E-state index contributed by atoms with van der Waals surface area (Å²) in [5.74, 6) is 0.662. The SMILES string of the molecule is CCCNC(Cc1cc(C)cc(C)c1)C1OCCC1C. The molecule has 20 heavy (non-hydrogen) atoms. The molecule has 1 aliphatic heterocycles. The van der Waals surface area contributed by atoms with E-state index in [-0.39, 0.29) is 0 Å². The van der Waals surface area contributed by atoms with Crippen LogP contribution in [0.4, 0.5) is 0 Å². The standard InChI is InChI=1S/C18H29NO/c1-5-7-19-17(18-15(4)6-8-20-18)12-16-10-13(2)9-14(3)11-16/h9-11,15,17-19H,5-8,12H2,1-4H3. The maximum atomic E-state index is 5.99. The van der Waals surface area contributed by atoms with Crippen LogP contribution in [-0.2, 0) is 11.2 Å². The van der Waals surface area contributed by atoms with Crippen molar-refractivity contribution in [3.8, 4) is 0 Å². The molecule has 0 bridgehead atoms. The van der Waals surface area contributed by atoms with Crippen LogP contribution in [-0.4, -0.2) is 25.3 Å². The van der Waals surface area contributed by atoms with Crippen molar-refractivity contribution in [1.82, 2.24) is 5.32 Å². The smallest absolute Gasteiger partial charge is 0.0757 e. The van der Waals surface area contributed by atoms with Gasteiger partial charge in [0.05, 0.1) is 6.10 Å². The first-order valence-corrected chi connectivity index (χ1v) is 8.02. The van der Waals surface area contributed by atoms with Gasteiger partial charge < -0.3 is 10.1 Å². The lowest BCUT2D eigenvalue weighted by Crippen LogP contribution is -2.44. The molecule has 2 nitrogen and oxygen atoms in total. The molecule has 3 unspecified atom stereocenters. The number of ether oxygens (including phenoxy) is 1. The maximum absolute atomic E-state index is 5.99. The Kier molecular flexibility index (Phi) is 5.62. The zero-order valence-electron chi connectivity index (χ0n) is 13.4. The van der Waals surface area contributed by atoms with E-state index in [0.29, 0.717) is 18.1 Å². The Balaban J connectivity index is 2.09. The van der Waals surface area contributed by atoms with Gasteiger partial charge in [0.2, 0.25) is 0 Å². The van der Waals surface area contributed by atoms with Gasteiger partial charge in [-0.25, -0.2) is 0 Å². The molecule has 112 valence electrons. The molecule has 1 heterocycles. The number of rotatable bonds is 6. The number of aryl methyl sites for hydroxylation is 2. The fraction of sp³-hybridized carbons (Fsp3) is 0.667. The first kappa shape index (κ1) is 15.5. The lowest BCUT2D eigenvalue weighted by atomic mass is 9.92. The largest absolute Gasteiger partial charge is 0.376 e. The van der Waals surface area contributed by atoms with E-state index in [9.17, 15) is 0 Å². The number of hydrogen-bond acceptors (Lipinski definition) is 2. The summed E-state index contributed by atoms with van der Waals surface area (Å²) >= 11 is 0. The fourth-order valence-corrected chi connectivity index (χ4v) is 3.31. The van der Waals surface area contributed by atoms with Crippen LogP contribution < -0.4 is 5.32 Å². The summed E-state index contributed by atoms with van der Waals surface area (Å²) in [6, 6.07) is 7.31. The Bertz CT molecular complexity index is 409. The topological polar surface area (TPSA) is 21.3 Å². The van der Waals surface area contributed by atoms with Gasteiger partial charge in [0.1, 0.15) is 0 Å². The molecule has 1 aromatic carbocycles. The van der Waals surface area contributed by atoms with Crippen molar-refractivity contribution in [2.45, 2.75) is 59.1 Å².